The van der Waals surface area contributed by atoms with Crippen LogP contribution in [0.15, 0.2) is 55.0 Å². The number of nitrogens with zero attached hydrogens (tertiary/aromatic N) is 2. The second-order valence-corrected chi connectivity index (χ2v) is 7.32. The molecule has 1 fully saturated rings. The molecule has 4 nitrogen and oxygen atoms in total. The summed E-state index contributed by atoms with van der Waals surface area (Å²) in [5.74, 6) is 0.284. The Balaban J connectivity index is 1.60. The molecule has 3 aromatic heterocycles. The first-order chi connectivity index (χ1) is 13.7. The van der Waals surface area contributed by atoms with Crippen LogP contribution in [0, 0.1) is 5.82 Å². The molecule has 0 amide bonds. The molecule has 1 aliphatic rings. The van der Waals surface area contributed by atoms with Crippen LogP contribution in [-0.2, 0) is 6.42 Å². The van der Waals surface area contributed by atoms with Gasteiger partial charge in [0.05, 0.1) is 11.4 Å². The number of pyridine rings is 2. The molecular formula is C23H21FN4. The normalized spacial score (nSPS) is 13.8. The van der Waals surface area contributed by atoms with E-state index in [9.17, 15) is 4.39 Å². The van der Waals surface area contributed by atoms with E-state index in [1.807, 2.05) is 42.7 Å². The largest absolute Gasteiger partial charge is 0.355 e. The van der Waals surface area contributed by atoms with Crippen molar-refractivity contribution < 1.29 is 4.39 Å². The molecule has 1 saturated carbocycles. The minimum Gasteiger partial charge on any atom is -0.355 e. The highest BCUT2D eigenvalue weighted by Gasteiger charge is 2.27. The van der Waals surface area contributed by atoms with Crippen LogP contribution in [0.2, 0.25) is 0 Å². The Morgan fingerprint density at radius 3 is 2.82 bits per heavy atom. The van der Waals surface area contributed by atoms with E-state index in [1.165, 1.54) is 24.5 Å². The van der Waals surface area contributed by atoms with Gasteiger partial charge in [-0.05, 0) is 66.6 Å². The summed E-state index contributed by atoms with van der Waals surface area (Å²) in [7, 11) is 0. The van der Waals surface area contributed by atoms with Gasteiger partial charge >= 0.3 is 0 Å². The van der Waals surface area contributed by atoms with E-state index >= 15 is 0 Å². The van der Waals surface area contributed by atoms with Gasteiger partial charge in [-0.15, -0.1) is 0 Å². The minimum absolute atomic E-state index is 0.244. The number of aryl methyl sites for hydroxylation is 1. The first-order valence-electron chi connectivity index (χ1n) is 9.71. The van der Waals surface area contributed by atoms with Crippen LogP contribution >= 0.6 is 0 Å². The quantitative estimate of drug-likeness (QED) is 0.455. The van der Waals surface area contributed by atoms with Crippen molar-refractivity contribution >= 4 is 22.4 Å². The Bertz CT molecular complexity index is 1160. The number of fused-ring (bicyclic) bond motifs is 1. The van der Waals surface area contributed by atoms with Gasteiger partial charge in [0, 0.05) is 35.2 Å². The van der Waals surface area contributed by atoms with Crippen molar-refractivity contribution in [3.8, 4) is 11.3 Å². The number of hydrogen-bond donors (Lipinski definition) is 2. The average molecular weight is 372 g/mol. The maximum absolute atomic E-state index is 14.5. The molecule has 1 aromatic carbocycles. The second kappa shape index (κ2) is 6.75. The third kappa shape index (κ3) is 3.03. The van der Waals surface area contributed by atoms with E-state index in [0.29, 0.717) is 17.2 Å². The van der Waals surface area contributed by atoms with E-state index in [2.05, 4.69) is 27.2 Å². The number of aromatic amines is 1. The summed E-state index contributed by atoms with van der Waals surface area (Å²) < 4.78 is 14.5. The summed E-state index contributed by atoms with van der Waals surface area (Å²) >= 11 is 0. The fraction of sp³-hybridized carbons (Fsp3) is 0.217. The van der Waals surface area contributed by atoms with Crippen LogP contribution in [-0.4, -0.2) is 15.0 Å². The van der Waals surface area contributed by atoms with Gasteiger partial charge < -0.3 is 10.3 Å². The number of nitrogens with one attached hydrogen (secondary N) is 2. The third-order valence-electron chi connectivity index (χ3n) is 5.40. The van der Waals surface area contributed by atoms with E-state index in [-0.39, 0.29) is 5.82 Å². The van der Waals surface area contributed by atoms with Gasteiger partial charge in [0.25, 0.3) is 0 Å². The lowest BCUT2D eigenvalue weighted by Crippen LogP contribution is -1.99. The Hall–Kier alpha value is -3.21. The monoisotopic (exact) mass is 372 g/mol. The first-order valence-corrected chi connectivity index (χ1v) is 9.71. The molecule has 3 heterocycles. The molecule has 0 unspecified atom stereocenters. The van der Waals surface area contributed by atoms with Crippen LogP contribution in [0.5, 0.6) is 0 Å². The minimum atomic E-state index is -0.244. The summed E-state index contributed by atoms with van der Waals surface area (Å²) in [6.07, 6.45) is 8.78. The highest BCUT2D eigenvalue weighted by atomic mass is 19.1. The molecule has 0 bridgehead atoms. The van der Waals surface area contributed by atoms with Crippen LogP contribution in [0.25, 0.3) is 22.3 Å². The summed E-state index contributed by atoms with van der Waals surface area (Å²) in [4.78, 5) is 12.1. The van der Waals surface area contributed by atoms with E-state index < -0.39 is 0 Å². The van der Waals surface area contributed by atoms with Crippen molar-refractivity contribution in [2.24, 2.45) is 0 Å². The summed E-state index contributed by atoms with van der Waals surface area (Å²) in [6, 6.07) is 11.2. The molecule has 28 heavy (non-hydrogen) atoms. The fourth-order valence-electron chi connectivity index (χ4n) is 3.64. The molecule has 2 N–H and O–H groups in total. The van der Waals surface area contributed by atoms with Crippen LogP contribution in [0.3, 0.4) is 0 Å². The number of halogens is 1. The smallest absolute Gasteiger partial charge is 0.139 e. The molecule has 0 saturated heterocycles. The highest BCUT2D eigenvalue weighted by Crippen LogP contribution is 2.45. The molecular weight excluding hydrogens is 351 g/mol. The van der Waals surface area contributed by atoms with E-state index in [4.69, 9.17) is 0 Å². The molecule has 4 aromatic rings. The van der Waals surface area contributed by atoms with Gasteiger partial charge in [-0.25, -0.2) is 9.37 Å². The molecule has 0 aliphatic heterocycles. The highest BCUT2D eigenvalue weighted by molar-refractivity contribution is 5.91. The van der Waals surface area contributed by atoms with Crippen molar-refractivity contribution in [2.45, 2.75) is 32.1 Å². The van der Waals surface area contributed by atoms with Gasteiger partial charge in [-0.2, -0.15) is 0 Å². The zero-order valence-electron chi connectivity index (χ0n) is 15.7. The number of rotatable bonds is 5. The summed E-state index contributed by atoms with van der Waals surface area (Å²) in [6.45, 7) is 2.07. The molecule has 5 heteroatoms. The van der Waals surface area contributed by atoms with Gasteiger partial charge in [0.1, 0.15) is 11.5 Å². The number of benzene rings is 1. The molecule has 0 spiro atoms. The molecule has 140 valence electrons. The van der Waals surface area contributed by atoms with E-state index in [1.54, 1.807) is 6.20 Å². The van der Waals surface area contributed by atoms with Crippen molar-refractivity contribution in [3.63, 3.8) is 0 Å². The average Bonchev–Trinajstić information content (AvgIpc) is 3.44. The number of aromatic nitrogens is 3. The Morgan fingerprint density at radius 2 is 2.00 bits per heavy atom. The second-order valence-electron chi connectivity index (χ2n) is 7.32. The molecule has 0 radical (unpaired) electrons. The van der Waals surface area contributed by atoms with Gasteiger partial charge in [0.2, 0.25) is 0 Å². The summed E-state index contributed by atoms with van der Waals surface area (Å²) in [5, 5.41) is 4.59. The summed E-state index contributed by atoms with van der Waals surface area (Å²) in [5.41, 5.74) is 6.30. The maximum Gasteiger partial charge on any atom is 0.139 e. The first kappa shape index (κ1) is 16.9. The standard InChI is InChI=1S/C23H21FN4/c1-2-14-3-6-19(24)17(11-14)21-12-22(18(13-27-21)15-4-5-15)28-20-8-10-26-23-16(20)7-9-25-23/h3,6-13,15H,2,4-5H2,1H3,(H2,25,26,27,28). The Kier molecular flexibility index (Phi) is 4.08. The van der Waals surface area contributed by atoms with Crippen molar-refractivity contribution in [3.05, 3.63) is 71.9 Å². The van der Waals surface area contributed by atoms with Crippen molar-refractivity contribution in [2.75, 3.05) is 5.32 Å². The van der Waals surface area contributed by atoms with Crippen LogP contribution < -0.4 is 5.32 Å². The zero-order chi connectivity index (χ0) is 19.1. The predicted octanol–water partition coefficient (Wildman–Crippen LogP) is 5.95. The SMILES string of the molecule is CCc1ccc(F)c(-c2cc(Nc3ccnc4[nH]ccc34)c(C3CC3)cn2)c1. The maximum atomic E-state index is 14.5. The zero-order valence-corrected chi connectivity index (χ0v) is 15.7. The Morgan fingerprint density at radius 1 is 1.11 bits per heavy atom. The van der Waals surface area contributed by atoms with Crippen molar-refractivity contribution in [1.82, 2.24) is 15.0 Å². The third-order valence-corrected chi connectivity index (χ3v) is 5.40. The van der Waals surface area contributed by atoms with E-state index in [0.717, 1.165) is 34.4 Å². The fourth-order valence-corrected chi connectivity index (χ4v) is 3.64. The number of anilines is 2. The number of H-pyrrole nitrogens is 1. The molecule has 5 rings (SSSR count). The van der Waals surface area contributed by atoms with Gasteiger partial charge in [-0.3, -0.25) is 4.98 Å². The number of hydrogen-bond acceptors (Lipinski definition) is 3. The topological polar surface area (TPSA) is 53.6 Å². The van der Waals surface area contributed by atoms with Crippen molar-refractivity contribution in [1.29, 1.82) is 0 Å². The molecule has 0 atom stereocenters. The van der Waals surface area contributed by atoms with Gasteiger partial charge in [-0.1, -0.05) is 13.0 Å². The molecule has 1 aliphatic carbocycles. The van der Waals surface area contributed by atoms with Crippen LogP contribution in [0.4, 0.5) is 15.8 Å². The lowest BCUT2D eigenvalue weighted by molar-refractivity contribution is 0.630. The van der Waals surface area contributed by atoms with Crippen LogP contribution in [0.1, 0.15) is 36.8 Å². The van der Waals surface area contributed by atoms with Gasteiger partial charge in [0.15, 0.2) is 0 Å². The lowest BCUT2D eigenvalue weighted by Gasteiger charge is -2.14. The Labute approximate surface area is 162 Å². The predicted molar refractivity (Wildman–Crippen MR) is 110 cm³/mol. The lowest BCUT2D eigenvalue weighted by atomic mass is 10.0.